The minimum absolute atomic E-state index is 0.377. The largest absolute Gasteiger partial charge is 0.466 e. The molecule has 0 aliphatic heterocycles. The lowest BCUT2D eigenvalue weighted by atomic mass is 10.3. The van der Waals surface area contributed by atoms with Crippen molar-refractivity contribution in [3.63, 3.8) is 0 Å². The third-order valence-electron chi connectivity index (χ3n) is 1.45. The van der Waals surface area contributed by atoms with E-state index < -0.39 is 0 Å². The molecule has 0 atom stereocenters. The predicted molar refractivity (Wildman–Crippen MR) is 44.4 cm³/mol. The number of carbonyl (C=O) groups is 1. The van der Waals surface area contributed by atoms with Crippen molar-refractivity contribution < 1.29 is 9.53 Å². The van der Waals surface area contributed by atoms with E-state index in [9.17, 15) is 4.79 Å². The van der Waals surface area contributed by atoms with Gasteiger partial charge in [-0.3, -0.25) is 0 Å². The van der Waals surface area contributed by atoms with Crippen molar-refractivity contribution in [3.05, 3.63) is 23.8 Å². The molecule has 0 unspecified atom stereocenters. The molecule has 64 valence electrons. The Bertz CT molecular complexity index is 302. The zero-order chi connectivity index (χ0) is 8.97. The first-order valence-corrected chi connectivity index (χ1v) is 3.50. The van der Waals surface area contributed by atoms with Crippen LogP contribution in [0.4, 0.5) is 0 Å². The Morgan fingerprint density at radius 2 is 2.50 bits per heavy atom. The highest BCUT2D eigenvalue weighted by Gasteiger charge is 1.96. The number of methoxy groups -OCH3 is 1. The van der Waals surface area contributed by atoms with Crippen molar-refractivity contribution >= 4 is 12.0 Å². The number of H-pyrrole nitrogens is 1. The van der Waals surface area contributed by atoms with Gasteiger partial charge in [-0.1, -0.05) is 0 Å². The minimum Gasteiger partial charge on any atom is -0.466 e. The van der Waals surface area contributed by atoms with Crippen LogP contribution in [0.2, 0.25) is 0 Å². The van der Waals surface area contributed by atoms with Gasteiger partial charge >= 0.3 is 5.97 Å². The second-order valence-electron chi connectivity index (χ2n) is 2.27. The molecule has 0 aromatic carbocycles. The summed E-state index contributed by atoms with van der Waals surface area (Å²) in [6.45, 7) is 1.88. The number of nitrogens with one attached hydrogen (secondary N) is 1. The Labute approximate surface area is 70.3 Å². The molecule has 1 aromatic rings. The Balaban J connectivity index is 2.69. The van der Waals surface area contributed by atoms with Crippen LogP contribution in [-0.4, -0.2) is 23.0 Å². The van der Waals surface area contributed by atoms with Crippen molar-refractivity contribution in [2.45, 2.75) is 6.92 Å². The van der Waals surface area contributed by atoms with Gasteiger partial charge in [0.15, 0.2) is 0 Å². The highest BCUT2D eigenvalue weighted by Crippen LogP contribution is 2.02. The first-order chi connectivity index (χ1) is 5.74. The molecular formula is C8H10N2O2. The van der Waals surface area contributed by atoms with E-state index in [0.717, 1.165) is 11.4 Å². The average molecular weight is 166 g/mol. The van der Waals surface area contributed by atoms with Crippen LogP contribution in [0.1, 0.15) is 11.4 Å². The van der Waals surface area contributed by atoms with Crippen LogP contribution in [-0.2, 0) is 9.53 Å². The number of rotatable bonds is 2. The Kier molecular flexibility index (Phi) is 2.63. The van der Waals surface area contributed by atoms with E-state index in [1.807, 2.05) is 6.92 Å². The molecule has 12 heavy (non-hydrogen) atoms. The van der Waals surface area contributed by atoms with Crippen LogP contribution >= 0.6 is 0 Å². The Morgan fingerprint density at radius 3 is 3.00 bits per heavy atom. The van der Waals surface area contributed by atoms with E-state index in [1.165, 1.54) is 13.2 Å². The smallest absolute Gasteiger partial charge is 0.330 e. The summed E-state index contributed by atoms with van der Waals surface area (Å²) >= 11 is 0. The standard InChI is InChI=1S/C8H10N2O2/c1-6-7(10-5-9-6)3-4-8(11)12-2/h3-5H,1-2H3,(H,9,10)/b4-3+. The maximum absolute atomic E-state index is 10.7. The van der Waals surface area contributed by atoms with Crippen molar-refractivity contribution in [2.75, 3.05) is 7.11 Å². The number of hydrogen-bond donors (Lipinski definition) is 1. The normalized spacial score (nSPS) is 10.5. The highest BCUT2D eigenvalue weighted by atomic mass is 16.5. The number of ether oxygens (including phenoxy) is 1. The number of aromatic amines is 1. The number of aryl methyl sites for hydroxylation is 1. The molecule has 0 aliphatic rings. The molecule has 0 aliphatic carbocycles. The van der Waals surface area contributed by atoms with E-state index in [-0.39, 0.29) is 5.97 Å². The molecule has 1 N–H and O–H groups in total. The Hall–Kier alpha value is -1.58. The van der Waals surface area contributed by atoms with E-state index in [4.69, 9.17) is 0 Å². The van der Waals surface area contributed by atoms with Gasteiger partial charge in [0.25, 0.3) is 0 Å². The summed E-state index contributed by atoms with van der Waals surface area (Å²) in [5.74, 6) is -0.377. The molecule has 4 heteroatoms. The second kappa shape index (κ2) is 3.71. The molecule has 0 amide bonds. The van der Waals surface area contributed by atoms with E-state index in [2.05, 4.69) is 14.7 Å². The number of aromatic nitrogens is 2. The lowest BCUT2D eigenvalue weighted by Gasteiger charge is -1.89. The van der Waals surface area contributed by atoms with Gasteiger partial charge in [0.05, 0.1) is 19.1 Å². The maximum Gasteiger partial charge on any atom is 0.330 e. The van der Waals surface area contributed by atoms with Gasteiger partial charge < -0.3 is 9.72 Å². The van der Waals surface area contributed by atoms with Crippen LogP contribution in [0.25, 0.3) is 6.08 Å². The lowest BCUT2D eigenvalue weighted by molar-refractivity contribution is -0.134. The molecule has 1 heterocycles. The van der Waals surface area contributed by atoms with Gasteiger partial charge in [-0.15, -0.1) is 0 Å². The molecule has 0 spiro atoms. The van der Waals surface area contributed by atoms with Gasteiger partial charge in [0.2, 0.25) is 0 Å². The molecule has 0 radical (unpaired) electrons. The van der Waals surface area contributed by atoms with Gasteiger partial charge in [-0.05, 0) is 13.0 Å². The number of imidazole rings is 1. The number of esters is 1. The maximum atomic E-state index is 10.7. The molecule has 0 saturated carbocycles. The third kappa shape index (κ3) is 1.95. The average Bonchev–Trinajstić information content (AvgIpc) is 2.47. The first kappa shape index (κ1) is 8.52. The molecule has 1 rings (SSSR count). The van der Waals surface area contributed by atoms with Gasteiger partial charge in [0, 0.05) is 11.8 Å². The quantitative estimate of drug-likeness (QED) is 0.524. The van der Waals surface area contributed by atoms with Gasteiger partial charge in [-0.25, -0.2) is 9.78 Å². The van der Waals surface area contributed by atoms with Crippen LogP contribution in [0.15, 0.2) is 12.4 Å². The highest BCUT2D eigenvalue weighted by molar-refractivity contribution is 5.86. The third-order valence-corrected chi connectivity index (χ3v) is 1.45. The minimum atomic E-state index is -0.377. The van der Waals surface area contributed by atoms with E-state index in [0.29, 0.717) is 0 Å². The summed E-state index contributed by atoms with van der Waals surface area (Å²) < 4.78 is 4.42. The monoisotopic (exact) mass is 166 g/mol. The zero-order valence-corrected chi connectivity index (χ0v) is 7.00. The summed E-state index contributed by atoms with van der Waals surface area (Å²) in [6, 6.07) is 0. The molecular weight excluding hydrogens is 156 g/mol. The van der Waals surface area contributed by atoms with Crippen LogP contribution < -0.4 is 0 Å². The fourth-order valence-corrected chi connectivity index (χ4v) is 0.752. The van der Waals surface area contributed by atoms with Crippen molar-refractivity contribution in [1.29, 1.82) is 0 Å². The summed E-state index contributed by atoms with van der Waals surface area (Å²) in [6.07, 6.45) is 4.52. The van der Waals surface area contributed by atoms with E-state index in [1.54, 1.807) is 12.4 Å². The molecule has 0 bridgehead atoms. The fourth-order valence-electron chi connectivity index (χ4n) is 0.752. The van der Waals surface area contributed by atoms with Crippen molar-refractivity contribution in [3.8, 4) is 0 Å². The van der Waals surface area contributed by atoms with Gasteiger partial charge in [-0.2, -0.15) is 0 Å². The predicted octanol–water partition coefficient (Wildman–Crippen LogP) is 0.904. The van der Waals surface area contributed by atoms with Crippen molar-refractivity contribution in [2.24, 2.45) is 0 Å². The van der Waals surface area contributed by atoms with E-state index >= 15 is 0 Å². The summed E-state index contributed by atoms with van der Waals surface area (Å²) in [5.41, 5.74) is 1.68. The molecule has 0 saturated heterocycles. The first-order valence-electron chi connectivity index (χ1n) is 3.50. The number of hydrogen-bond acceptors (Lipinski definition) is 3. The molecule has 1 aromatic heterocycles. The second-order valence-corrected chi connectivity index (χ2v) is 2.27. The number of carbonyl (C=O) groups excluding carboxylic acids is 1. The lowest BCUT2D eigenvalue weighted by Crippen LogP contribution is -1.93. The molecule has 4 nitrogen and oxygen atoms in total. The topological polar surface area (TPSA) is 55.0 Å². The Morgan fingerprint density at radius 1 is 1.75 bits per heavy atom. The van der Waals surface area contributed by atoms with Crippen molar-refractivity contribution in [1.82, 2.24) is 9.97 Å². The van der Waals surface area contributed by atoms with Crippen LogP contribution in [0, 0.1) is 6.92 Å². The summed E-state index contributed by atoms with van der Waals surface area (Å²) in [5, 5.41) is 0. The summed E-state index contributed by atoms with van der Waals surface area (Å²) in [4.78, 5) is 17.5. The molecule has 0 fully saturated rings. The van der Waals surface area contributed by atoms with Gasteiger partial charge in [0.1, 0.15) is 0 Å². The number of nitrogens with zero attached hydrogens (tertiary/aromatic N) is 1. The van der Waals surface area contributed by atoms with Crippen LogP contribution in [0.3, 0.4) is 0 Å². The zero-order valence-electron chi connectivity index (χ0n) is 7.00. The fraction of sp³-hybridized carbons (Fsp3) is 0.250. The van der Waals surface area contributed by atoms with Crippen LogP contribution in [0.5, 0.6) is 0 Å². The summed E-state index contributed by atoms with van der Waals surface area (Å²) in [7, 11) is 1.34. The SMILES string of the molecule is COC(=O)/C=C/c1nc[nH]c1C.